The number of pyridine rings is 5. The quantitative estimate of drug-likeness (QED) is 0.119. The van der Waals surface area contributed by atoms with Crippen LogP contribution >= 0.6 is 0 Å². The minimum atomic E-state index is -2.85. The zero-order valence-corrected chi connectivity index (χ0v) is 70.7. The number of anilines is 4. The highest BCUT2D eigenvalue weighted by molar-refractivity contribution is 7.91. The van der Waals surface area contributed by atoms with Gasteiger partial charge in [0.05, 0.1) is 145 Å². The number of nitrogens with one attached hydrogen (secondary N) is 1. The molecule has 0 radical (unpaired) electrons. The number of hydrogen-bond donors (Lipinski definition) is 1. The number of sulfone groups is 1. The standard InChI is InChI=1S/C24H26N6O3S.C24H26N6.C24H20N6.C22H21FN6O/c1-16-9-22-20(10-23(16)33-2)19(3-4-25-22)21-12-27-30-15-17(11-26-24(21)30)29-13-18(14-29)28-5-7-34(31,32)8-6-28;1-17-11-20(19-5-3-4-6-22(19)27-17)21-13-26-30-14-18(12-25-23(21)30)29-9-7-24(8-10-29)15-28(2)16-24;1-16-2-3-23-21(10-16)20(6-9-26-23)22-12-28-30-15-19(11-27-24(22)30)29-13-18(14-29)17-4-7-25-8-5-17;1-30-21-4-17-16(2-3-25-20(17)5-19(21)23)18-9-27-29-12-15(8-26-22(18)29)28-10-13-6-24-7-14(13)11-28/h3-4,9-12,15,18H,5-8,13-14H2,1-2H3;3-6,11-14H,7-10,15-16H2,1-2H3;2-12,15,18H,13-14H2,1H3;2-5,8-9,12-14,24H,6-7,10-11H2,1H3/t;;;13-,14+. The van der Waals surface area contributed by atoms with Gasteiger partial charge in [0.1, 0.15) is 5.75 Å². The number of hydrogen-bond acceptors (Lipinski definition) is 24. The molecular weight excluding hydrogens is 1580 g/mol. The first-order chi connectivity index (χ1) is 60.5. The van der Waals surface area contributed by atoms with Gasteiger partial charge in [0.25, 0.3) is 0 Å². The molecule has 1 N–H and O–H groups in total. The average Bonchev–Trinajstić information content (AvgIpc) is 1.46. The van der Waals surface area contributed by atoms with Gasteiger partial charge in [0.2, 0.25) is 0 Å². The molecule has 7 fully saturated rings. The van der Waals surface area contributed by atoms with E-state index in [0.717, 1.165) is 210 Å². The Balaban J connectivity index is 0.000000101. The topological polar surface area (TPSA) is 269 Å². The molecule has 4 aromatic carbocycles. The van der Waals surface area contributed by atoms with Gasteiger partial charge in [-0.15, -0.1) is 0 Å². The summed E-state index contributed by atoms with van der Waals surface area (Å²) >= 11 is 0. The second-order valence-corrected chi connectivity index (χ2v) is 36.5. The van der Waals surface area contributed by atoms with Crippen LogP contribution in [0.3, 0.4) is 0 Å². The van der Waals surface area contributed by atoms with Crippen molar-refractivity contribution in [2.45, 2.75) is 45.6 Å². The van der Waals surface area contributed by atoms with Gasteiger partial charge >= 0.3 is 0 Å². The van der Waals surface area contributed by atoms with E-state index in [1.54, 1.807) is 25.6 Å². The monoisotopic (exact) mass is 1670 g/mol. The fourth-order valence-corrected chi connectivity index (χ4v) is 20.6. The summed E-state index contributed by atoms with van der Waals surface area (Å²) in [7, 11) is 2.51. The van der Waals surface area contributed by atoms with E-state index in [2.05, 4.69) is 161 Å². The van der Waals surface area contributed by atoms with Crippen molar-refractivity contribution in [1.82, 2.24) is 98.4 Å². The number of nitrogens with zero attached hydrogens (tertiary/aromatic N) is 23. The molecule has 7 aliphatic heterocycles. The van der Waals surface area contributed by atoms with Crippen LogP contribution < -0.4 is 34.4 Å². The van der Waals surface area contributed by atoms with Gasteiger partial charge < -0.3 is 39.3 Å². The summed E-state index contributed by atoms with van der Waals surface area (Å²) in [6.07, 6.45) is 35.1. The summed E-state index contributed by atoms with van der Waals surface area (Å²) < 4.78 is 55.7. The highest BCUT2D eigenvalue weighted by Crippen LogP contribution is 2.43. The van der Waals surface area contributed by atoms with E-state index in [9.17, 15) is 12.8 Å². The second-order valence-electron chi connectivity index (χ2n) is 34.2. The molecule has 124 heavy (non-hydrogen) atoms. The third-order valence-corrected chi connectivity index (χ3v) is 27.9. The number of methoxy groups -OCH3 is 2. The number of rotatable bonds is 12. The van der Waals surface area contributed by atoms with Gasteiger partial charge in [-0.05, 0) is 164 Å². The SMILES string of the molecule is COc1cc2c(-c3cnn4cc(N5CC(N6CCS(=O)(=O)CC6)C5)cnc34)ccnc2cc1C.COc1cc2c(-c3cnn4cc(N5C[C@H]6CNC[C@H]6C5)cnc34)ccnc2cc1F.Cc1cc(-c2cnn3cc(N4CCC5(CC4)CN(C)C5)cnc23)c2ccccc2n1.Cc1ccc2nccc(-c3cnn4cc(N5CC(c6ccncc6)C5)cnc34)c2c1. The second kappa shape index (κ2) is 31.9. The van der Waals surface area contributed by atoms with E-state index in [-0.39, 0.29) is 17.3 Å². The molecule has 0 unspecified atom stereocenters. The number of fused-ring (bicyclic) bond motifs is 9. The van der Waals surface area contributed by atoms with Crippen LogP contribution in [-0.4, -0.2) is 232 Å². The zero-order valence-electron chi connectivity index (χ0n) is 69.9. The minimum Gasteiger partial charge on any atom is -0.496 e. The Morgan fingerprint density at radius 3 is 1.48 bits per heavy atom. The summed E-state index contributed by atoms with van der Waals surface area (Å²) in [6, 6.07) is 34.4. The zero-order chi connectivity index (χ0) is 84.1. The fraction of sp³-hybridized carbons (Fsp3) is 0.309. The summed E-state index contributed by atoms with van der Waals surface area (Å²) in [5.74, 6) is 3.10. The molecule has 17 aromatic rings. The minimum absolute atomic E-state index is 0.192. The maximum absolute atomic E-state index is 14.1. The van der Waals surface area contributed by atoms with Crippen molar-refractivity contribution in [3.63, 3.8) is 0 Å². The van der Waals surface area contributed by atoms with Crippen molar-refractivity contribution < 1.29 is 22.3 Å². The Bertz CT molecular complexity index is 7050. The maximum atomic E-state index is 14.1. The predicted octanol–water partition coefficient (Wildman–Crippen LogP) is 13.0. The van der Waals surface area contributed by atoms with Crippen molar-refractivity contribution >= 4 is 98.8 Å². The molecule has 13 aromatic heterocycles. The first-order valence-corrected chi connectivity index (χ1v) is 44.2. The third-order valence-electron chi connectivity index (χ3n) is 26.2. The molecule has 1 spiro atoms. The molecule has 7 saturated heterocycles. The van der Waals surface area contributed by atoms with E-state index in [0.29, 0.717) is 47.8 Å². The van der Waals surface area contributed by atoms with E-state index in [4.69, 9.17) is 29.4 Å². The molecule has 0 saturated carbocycles. The lowest BCUT2D eigenvalue weighted by Crippen LogP contribution is -2.62. The molecule has 0 aliphatic carbocycles. The number of aryl methyl sites for hydroxylation is 3. The van der Waals surface area contributed by atoms with E-state index < -0.39 is 15.7 Å². The number of piperidine rings is 1. The number of aromatic nitrogens is 17. The number of halogens is 1. The van der Waals surface area contributed by atoms with Gasteiger partial charge in [-0.25, -0.2) is 50.8 Å². The van der Waals surface area contributed by atoms with Crippen LogP contribution in [-0.2, 0) is 9.84 Å². The molecule has 20 heterocycles. The van der Waals surface area contributed by atoms with E-state index in [1.807, 2.05) is 149 Å². The smallest absolute Gasteiger partial charge is 0.167 e. The Morgan fingerprint density at radius 1 is 0.452 bits per heavy atom. The number of benzene rings is 4. The van der Waals surface area contributed by atoms with Crippen molar-refractivity contribution in [2.75, 3.05) is 144 Å². The maximum Gasteiger partial charge on any atom is 0.167 e. The number of likely N-dealkylation sites (tertiary alicyclic amines) is 1. The Morgan fingerprint density at radius 2 is 0.935 bits per heavy atom. The molecule has 28 nitrogen and oxygen atoms in total. The van der Waals surface area contributed by atoms with Crippen molar-refractivity contribution in [1.29, 1.82) is 0 Å². The largest absolute Gasteiger partial charge is 0.496 e. The summed E-state index contributed by atoms with van der Waals surface area (Å²) in [4.78, 5) is 55.4. The summed E-state index contributed by atoms with van der Waals surface area (Å²) in [6.45, 7) is 20.1. The van der Waals surface area contributed by atoms with Gasteiger partial charge in [-0.1, -0.05) is 29.8 Å². The number of para-hydroxylation sites is 1. The molecule has 0 amide bonds. The molecular formula is C94H93FN24O4S. The summed E-state index contributed by atoms with van der Waals surface area (Å²) in [5, 5.41) is 25.9. The van der Waals surface area contributed by atoms with Gasteiger partial charge in [-0.3, -0.25) is 29.8 Å². The van der Waals surface area contributed by atoms with Crippen molar-refractivity contribution in [3.05, 3.63) is 237 Å². The van der Waals surface area contributed by atoms with Crippen LogP contribution in [0.4, 0.5) is 27.1 Å². The molecule has 30 heteroatoms. The van der Waals surface area contributed by atoms with Gasteiger partial charge in [0, 0.05) is 190 Å². The average molecular weight is 1670 g/mol. The lowest BCUT2D eigenvalue weighted by Gasteiger charge is -2.53. The Hall–Kier alpha value is -13.3. The van der Waals surface area contributed by atoms with Crippen molar-refractivity contribution in [2.24, 2.45) is 17.3 Å². The molecule has 7 aliphatic rings. The molecule has 2 atom stereocenters. The van der Waals surface area contributed by atoms with Crippen LogP contribution in [0.15, 0.2) is 208 Å². The van der Waals surface area contributed by atoms with Crippen LogP contribution in [0.2, 0.25) is 0 Å². The lowest BCUT2D eigenvalue weighted by atomic mass is 9.72. The lowest BCUT2D eigenvalue weighted by molar-refractivity contribution is 0.00130. The molecule has 0 bridgehead atoms. The van der Waals surface area contributed by atoms with Crippen LogP contribution in [0.5, 0.6) is 11.5 Å². The van der Waals surface area contributed by atoms with Gasteiger partial charge in [0.15, 0.2) is 44.0 Å². The van der Waals surface area contributed by atoms with Crippen LogP contribution in [0, 0.1) is 43.8 Å². The normalized spacial score (nSPS) is 18.3. The first kappa shape index (κ1) is 78.0. The molecule has 626 valence electrons. The van der Waals surface area contributed by atoms with Crippen LogP contribution in [0.1, 0.15) is 41.1 Å². The number of ether oxygens (including phenoxy) is 2. The third kappa shape index (κ3) is 14.7. The van der Waals surface area contributed by atoms with E-state index in [1.165, 1.54) is 50.2 Å². The highest BCUT2D eigenvalue weighted by atomic mass is 32.2. The highest BCUT2D eigenvalue weighted by Gasteiger charge is 2.44. The van der Waals surface area contributed by atoms with Crippen molar-refractivity contribution in [3.8, 4) is 56.0 Å². The fourth-order valence-electron chi connectivity index (χ4n) is 19.4. The predicted molar refractivity (Wildman–Crippen MR) is 481 cm³/mol. The molecule has 24 rings (SSSR count). The first-order valence-electron chi connectivity index (χ1n) is 42.4. The van der Waals surface area contributed by atoms with Crippen LogP contribution in [0.25, 0.3) is 111 Å². The van der Waals surface area contributed by atoms with Gasteiger partial charge in [-0.2, -0.15) is 20.4 Å². The Labute approximate surface area is 715 Å². The summed E-state index contributed by atoms with van der Waals surface area (Å²) in [5.41, 5.74) is 24.4. The Kier molecular flexibility index (Phi) is 20.0. The van der Waals surface area contributed by atoms with E-state index >= 15 is 0 Å².